The average Bonchev–Trinajstić information content (AvgIpc) is 2.43. The fourth-order valence-corrected chi connectivity index (χ4v) is 2.37. The van der Waals surface area contributed by atoms with Crippen molar-refractivity contribution >= 4 is 44.7 Å². The van der Waals surface area contributed by atoms with Crippen LogP contribution < -0.4 is 11.1 Å². The molecule has 0 bridgehead atoms. The maximum atomic E-state index is 14.0. The summed E-state index contributed by atoms with van der Waals surface area (Å²) in [5.74, 6) is -1.08. The quantitative estimate of drug-likeness (QED) is 0.812. The van der Waals surface area contributed by atoms with Gasteiger partial charge in [0.2, 0.25) is 0 Å². The minimum Gasteiger partial charge on any atom is -0.389 e. The third kappa shape index (κ3) is 3.46. The number of halogens is 2. The van der Waals surface area contributed by atoms with E-state index in [0.717, 1.165) is 4.47 Å². The Morgan fingerprint density at radius 1 is 1.29 bits per heavy atom. The summed E-state index contributed by atoms with van der Waals surface area (Å²) in [7, 11) is 0. The highest BCUT2D eigenvalue weighted by Gasteiger charge is 2.15. The maximum Gasteiger partial charge on any atom is 0.258 e. The van der Waals surface area contributed by atoms with Gasteiger partial charge >= 0.3 is 0 Å². The van der Waals surface area contributed by atoms with Crippen molar-refractivity contribution in [2.24, 2.45) is 5.73 Å². The van der Waals surface area contributed by atoms with Crippen LogP contribution in [0.25, 0.3) is 0 Å². The molecular weight excluding hydrogens is 355 g/mol. The Kier molecular flexibility index (Phi) is 4.69. The number of nitrogens with two attached hydrogens (primary N) is 1. The minimum atomic E-state index is -0.545. The molecule has 6 heteroatoms. The average molecular weight is 367 g/mol. The highest BCUT2D eigenvalue weighted by molar-refractivity contribution is 9.10. The molecule has 3 N–H and O–H groups in total. The number of rotatable bonds is 3. The van der Waals surface area contributed by atoms with Crippen LogP contribution in [0.4, 0.5) is 10.1 Å². The van der Waals surface area contributed by atoms with Gasteiger partial charge in [-0.05, 0) is 36.8 Å². The Labute approximate surface area is 135 Å². The second kappa shape index (κ2) is 6.32. The molecule has 2 rings (SSSR count). The lowest BCUT2D eigenvalue weighted by atomic mass is 10.1. The first kappa shape index (κ1) is 15.6. The van der Waals surface area contributed by atoms with Crippen molar-refractivity contribution in [2.45, 2.75) is 6.92 Å². The predicted molar refractivity (Wildman–Crippen MR) is 89.1 cm³/mol. The van der Waals surface area contributed by atoms with E-state index in [-0.39, 0.29) is 10.6 Å². The van der Waals surface area contributed by atoms with Gasteiger partial charge in [0.05, 0.1) is 11.3 Å². The largest absolute Gasteiger partial charge is 0.389 e. The van der Waals surface area contributed by atoms with Gasteiger partial charge in [-0.2, -0.15) is 0 Å². The van der Waals surface area contributed by atoms with Crippen LogP contribution in [-0.2, 0) is 0 Å². The topological polar surface area (TPSA) is 55.1 Å². The first-order valence-electron chi connectivity index (χ1n) is 6.06. The summed E-state index contributed by atoms with van der Waals surface area (Å²) in [4.78, 5) is 12.3. The molecule has 0 spiro atoms. The van der Waals surface area contributed by atoms with Gasteiger partial charge in [0, 0.05) is 10.0 Å². The van der Waals surface area contributed by atoms with Gasteiger partial charge in [0.1, 0.15) is 10.8 Å². The molecule has 108 valence electrons. The zero-order valence-corrected chi connectivity index (χ0v) is 13.5. The summed E-state index contributed by atoms with van der Waals surface area (Å²) < 4.78 is 14.7. The molecule has 3 nitrogen and oxygen atoms in total. The van der Waals surface area contributed by atoms with Gasteiger partial charge in [-0.25, -0.2) is 4.39 Å². The summed E-state index contributed by atoms with van der Waals surface area (Å²) in [6.45, 7) is 1.60. The highest BCUT2D eigenvalue weighted by atomic mass is 79.9. The molecule has 0 atom stereocenters. The van der Waals surface area contributed by atoms with Crippen molar-refractivity contribution in [2.75, 3.05) is 5.32 Å². The van der Waals surface area contributed by atoms with Crippen LogP contribution in [0.1, 0.15) is 21.5 Å². The van der Waals surface area contributed by atoms with Crippen LogP contribution in [0.5, 0.6) is 0 Å². The molecule has 2 aromatic carbocycles. The van der Waals surface area contributed by atoms with E-state index in [1.54, 1.807) is 37.3 Å². The van der Waals surface area contributed by atoms with E-state index in [2.05, 4.69) is 21.2 Å². The number of anilines is 1. The number of benzene rings is 2. The van der Waals surface area contributed by atoms with Gasteiger partial charge < -0.3 is 11.1 Å². The van der Waals surface area contributed by atoms with E-state index >= 15 is 0 Å². The molecule has 0 heterocycles. The Morgan fingerprint density at radius 2 is 2.00 bits per heavy atom. The zero-order valence-electron chi connectivity index (χ0n) is 11.1. The molecular formula is C15H12BrFN2OS. The smallest absolute Gasteiger partial charge is 0.258 e. The number of nitrogens with one attached hydrogen (secondary N) is 1. The van der Waals surface area contributed by atoms with Gasteiger partial charge in [-0.1, -0.05) is 40.3 Å². The number of aryl methyl sites for hydroxylation is 1. The van der Waals surface area contributed by atoms with Crippen LogP contribution in [0.3, 0.4) is 0 Å². The lowest BCUT2D eigenvalue weighted by Gasteiger charge is -2.11. The molecule has 2 aromatic rings. The number of thiocarbonyl (C=S) groups is 1. The Hall–Kier alpha value is -1.79. The summed E-state index contributed by atoms with van der Waals surface area (Å²) in [6.07, 6.45) is 0. The molecule has 0 aliphatic rings. The van der Waals surface area contributed by atoms with Gasteiger partial charge in [0.25, 0.3) is 5.91 Å². The first-order valence-corrected chi connectivity index (χ1v) is 7.26. The summed E-state index contributed by atoms with van der Waals surface area (Å²) >= 11 is 8.27. The normalized spacial score (nSPS) is 10.2. The summed E-state index contributed by atoms with van der Waals surface area (Å²) in [6, 6.07) is 9.76. The second-order valence-corrected chi connectivity index (χ2v) is 5.80. The van der Waals surface area contributed by atoms with Crippen molar-refractivity contribution in [3.63, 3.8) is 0 Å². The monoisotopic (exact) mass is 366 g/mol. The molecule has 0 aliphatic heterocycles. The van der Waals surface area contributed by atoms with Crippen LogP contribution in [-0.4, -0.2) is 10.9 Å². The standard InChI is InChI=1S/C15H12BrFN2OS/c1-8-3-2-4-10(13(8)17)15(20)19-12-6-5-9(16)7-11(12)14(18)21/h2-7H,1H3,(H2,18,21)(H,19,20). The van der Waals surface area contributed by atoms with Crippen molar-refractivity contribution in [3.05, 3.63) is 63.4 Å². The highest BCUT2D eigenvalue weighted by Crippen LogP contribution is 2.22. The third-order valence-corrected chi connectivity index (χ3v) is 3.64. The zero-order chi connectivity index (χ0) is 15.6. The third-order valence-electron chi connectivity index (χ3n) is 2.93. The van der Waals surface area contributed by atoms with Crippen LogP contribution in [0, 0.1) is 12.7 Å². The van der Waals surface area contributed by atoms with Crippen LogP contribution in [0.15, 0.2) is 40.9 Å². The number of hydrogen-bond acceptors (Lipinski definition) is 2. The molecule has 0 unspecified atom stereocenters. The van der Waals surface area contributed by atoms with E-state index < -0.39 is 11.7 Å². The molecule has 0 radical (unpaired) electrons. The van der Waals surface area contributed by atoms with Gasteiger partial charge in [-0.15, -0.1) is 0 Å². The fourth-order valence-electron chi connectivity index (χ4n) is 1.84. The lowest BCUT2D eigenvalue weighted by Crippen LogP contribution is -2.18. The Bertz CT molecular complexity index is 734. The fraction of sp³-hybridized carbons (Fsp3) is 0.0667. The molecule has 0 aliphatic carbocycles. The van der Waals surface area contributed by atoms with E-state index in [1.807, 2.05) is 0 Å². The van der Waals surface area contributed by atoms with E-state index in [0.29, 0.717) is 16.8 Å². The van der Waals surface area contributed by atoms with Crippen molar-refractivity contribution in [1.29, 1.82) is 0 Å². The number of amides is 1. The Morgan fingerprint density at radius 3 is 2.67 bits per heavy atom. The Balaban J connectivity index is 2.36. The minimum absolute atomic E-state index is 0.0215. The molecule has 0 aromatic heterocycles. The molecule has 1 amide bonds. The predicted octanol–water partition coefficient (Wildman–Crippen LogP) is 3.78. The molecule has 0 saturated carbocycles. The van der Waals surface area contributed by atoms with Crippen LogP contribution in [0.2, 0.25) is 0 Å². The second-order valence-electron chi connectivity index (χ2n) is 4.44. The van der Waals surface area contributed by atoms with Crippen LogP contribution >= 0.6 is 28.1 Å². The number of carbonyl (C=O) groups is 1. The van der Waals surface area contributed by atoms with E-state index in [1.165, 1.54) is 6.07 Å². The first-order chi connectivity index (χ1) is 9.90. The molecule has 21 heavy (non-hydrogen) atoms. The van der Waals surface area contributed by atoms with Crippen molar-refractivity contribution < 1.29 is 9.18 Å². The SMILES string of the molecule is Cc1cccc(C(=O)Nc2ccc(Br)cc2C(N)=S)c1F. The van der Waals surface area contributed by atoms with Crippen molar-refractivity contribution in [3.8, 4) is 0 Å². The molecule has 0 saturated heterocycles. The van der Waals surface area contributed by atoms with E-state index in [9.17, 15) is 9.18 Å². The lowest BCUT2D eigenvalue weighted by molar-refractivity contribution is 0.102. The maximum absolute atomic E-state index is 14.0. The van der Waals surface area contributed by atoms with Gasteiger partial charge in [-0.3, -0.25) is 4.79 Å². The number of carbonyl (C=O) groups excluding carboxylic acids is 1. The van der Waals surface area contributed by atoms with Gasteiger partial charge in [0.15, 0.2) is 0 Å². The molecule has 0 fully saturated rings. The summed E-state index contributed by atoms with van der Waals surface area (Å²) in [5, 5.41) is 2.64. The van der Waals surface area contributed by atoms with E-state index in [4.69, 9.17) is 18.0 Å². The summed E-state index contributed by atoms with van der Waals surface area (Å²) in [5.41, 5.74) is 6.98. The van der Waals surface area contributed by atoms with Crippen molar-refractivity contribution in [1.82, 2.24) is 0 Å². The number of hydrogen-bond donors (Lipinski definition) is 2.